The Bertz CT molecular complexity index is 5190. The molecule has 4 heterocycles. The second kappa shape index (κ2) is 21.0. The minimum Gasteiger partial charge on any atom is -0.292 e. The molecule has 4 aromatic heterocycles. The van der Waals surface area contributed by atoms with Gasteiger partial charge in [-0.3, -0.25) is 9.13 Å². The van der Waals surface area contributed by atoms with Crippen molar-refractivity contribution < 1.29 is 0 Å². The Morgan fingerprint density at radius 2 is 0.560 bits per heavy atom. The summed E-state index contributed by atoms with van der Waals surface area (Å²) in [5.74, 6) is 2.98. The van der Waals surface area contributed by atoms with Gasteiger partial charge in [-0.25, -0.2) is 29.9 Å². The lowest BCUT2D eigenvalue weighted by molar-refractivity contribution is 0.794. The van der Waals surface area contributed by atoms with Crippen LogP contribution in [-0.4, -0.2) is 39.0 Å². The molecule has 0 fully saturated rings. The first-order chi connectivity index (χ1) is 45.1. The molecule has 0 N–H and O–H groups in total. The van der Waals surface area contributed by atoms with Gasteiger partial charge in [0.25, 0.3) is 0 Å². The summed E-state index contributed by atoms with van der Waals surface area (Å²) in [4.78, 5) is 32.5. The van der Waals surface area contributed by atoms with E-state index in [-0.39, 0.29) is 0 Å². The summed E-state index contributed by atoms with van der Waals surface area (Å²) in [7, 11) is 0. The van der Waals surface area contributed by atoms with E-state index in [0.29, 0.717) is 11.6 Å². The molecule has 2 aliphatic rings. The average molecular weight is 1160 g/mol. The molecule has 0 radical (unpaired) electrons. The summed E-state index contributed by atoms with van der Waals surface area (Å²) in [5.41, 5.74) is 25.8. The molecule has 2 aliphatic carbocycles. The van der Waals surface area contributed by atoms with Gasteiger partial charge in [-0.05, 0) is 129 Å². The Morgan fingerprint density at radius 1 is 0.220 bits per heavy atom. The van der Waals surface area contributed by atoms with Crippen LogP contribution in [0.4, 0.5) is 0 Å². The van der Waals surface area contributed by atoms with E-state index in [1.807, 2.05) is 36.4 Å². The largest absolute Gasteiger partial charge is 0.292 e. The maximum Gasteiger partial charge on any atom is 0.160 e. The van der Waals surface area contributed by atoms with Crippen LogP contribution in [0.5, 0.6) is 0 Å². The van der Waals surface area contributed by atoms with E-state index in [4.69, 9.17) is 29.9 Å². The van der Waals surface area contributed by atoms with E-state index >= 15 is 0 Å². The van der Waals surface area contributed by atoms with Crippen molar-refractivity contribution in [2.24, 2.45) is 0 Å². The number of para-hydroxylation sites is 6. The van der Waals surface area contributed by atoms with E-state index in [1.54, 1.807) is 0 Å². The molecule has 1 spiro atoms. The summed E-state index contributed by atoms with van der Waals surface area (Å²) in [6.07, 6.45) is 0. The van der Waals surface area contributed by atoms with Crippen LogP contribution in [0.3, 0.4) is 0 Å². The molecule has 12 aromatic carbocycles. The lowest BCUT2D eigenvalue weighted by atomic mass is 9.70. The monoisotopic (exact) mass is 1160 g/mol. The zero-order valence-corrected chi connectivity index (χ0v) is 49.1. The van der Waals surface area contributed by atoms with Gasteiger partial charge in [0.05, 0.1) is 50.3 Å². The predicted molar refractivity (Wildman–Crippen MR) is 367 cm³/mol. The van der Waals surface area contributed by atoms with Gasteiger partial charge >= 0.3 is 0 Å². The SMILES string of the molecule is c1ccc(-c2cc(-c3cccc(-c4nc5ccccc5n4-c4ccccc4)c3)nc(-c3ccc4c(c3)C3(c5ccccc5-4)c4ccccc4-c4ccc(-c5nc(-c6ccccc6)cc(-c6cccc(-c7nc8ccccc8n7-c7ccccc7)c6)n5)cc43)n2)cc1. The molecule has 0 amide bonds. The normalized spacial score (nSPS) is 12.5. The topological polar surface area (TPSA) is 87.2 Å². The quantitative estimate of drug-likeness (QED) is 0.136. The number of fused-ring (bicyclic) bond motifs is 12. The Hall–Kier alpha value is -12.3. The van der Waals surface area contributed by atoms with E-state index in [0.717, 1.165) is 112 Å². The molecule has 18 rings (SSSR count). The predicted octanol–water partition coefficient (Wildman–Crippen LogP) is 19.6. The first kappa shape index (κ1) is 51.9. The van der Waals surface area contributed by atoms with Crippen LogP contribution in [-0.2, 0) is 5.41 Å². The van der Waals surface area contributed by atoms with Crippen LogP contribution in [0.2, 0.25) is 0 Å². The highest BCUT2D eigenvalue weighted by Gasteiger charge is 2.52. The molecule has 0 aliphatic heterocycles. The minimum absolute atomic E-state index is 0.632. The highest BCUT2D eigenvalue weighted by Crippen LogP contribution is 2.63. The molecule has 8 heteroatoms. The molecular weight excluding hydrogens is 1110 g/mol. The van der Waals surface area contributed by atoms with Crippen LogP contribution in [0, 0.1) is 0 Å². The van der Waals surface area contributed by atoms with E-state index in [9.17, 15) is 0 Å². The highest BCUT2D eigenvalue weighted by atomic mass is 15.1. The molecule has 0 saturated heterocycles. The van der Waals surface area contributed by atoms with Gasteiger partial charge in [-0.15, -0.1) is 0 Å². The van der Waals surface area contributed by atoms with Gasteiger partial charge in [0.2, 0.25) is 0 Å². The van der Waals surface area contributed by atoms with Gasteiger partial charge in [0.15, 0.2) is 11.6 Å². The van der Waals surface area contributed by atoms with Crippen molar-refractivity contribution in [1.82, 2.24) is 39.0 Å². The summed E-state index contributed by atoms with van der Waals surface area (Å²) in [6.45, 7) is 0. The fourth-order valence-electron chi connectivity index (χ4n) is 14.1. The van der Waals surface area contributed by atoms with Crippen molar-refractivity contribution in [2.75, 3.05) is 0 Å². The van der Waals surface area contributed by atoms with Gasteiger partial charge < -0.3 is 0 Å². The van der Waals surface area contributed by atoms with Gasteiger partial charge in [-0.2, -0.15) is 0 Å². The van der Waals surface area contributed by atoms with E-state index in [1.165, 1.54) is 44.5 Å². The van der Waals surface area contributed by atoms with Crippen molar-refractivity contribution in [3.8, 4) is 124 Å². The molecule has 424 valence electrons. The van der Waals surface area contributed by atoms with Crippen LogP contribution < -0.4 is 0 Å². The summed E-state index contributed by atoms with van der Waals surface area (Å²) >= 11 is 0. The van der Waals surface area contributed by atoms with Gasteiger partial charge in [-0.1, -0.05) is 231 Å². The lowest BCUT2D eigenvalue weighted by Crippen LogP contribution is -2.26. The van der Waals surface area contributed by atoms with Crippen molar-refractivity contribution in [3.63, 3.8) is 0 Å². The lowest BCUT2D eigenvalue weighted by Gasteiger charge is -2.31. The standard InChI is InChI=1S/C83H52N8/c1-5-23-53(24-6-1)73-51-75(55-27-21-29-59(47-55)81-88-71-39-17-19-41-77(71)90(81)61-31-9-3-10-32-61)86-79(84-73)57-43-45-65-63-35-13-15-37-67(63)83(69(65)49-57)68-38-16-14-36-64(68)66-46-44-58(50-70(66)83)80-85-74(54-25-7-2-8-26-54)52-76(87-80)56-28-22-30-60(48-56)82-89-72-40-18-20-42-78(72)91(82)62-33-11-4-12-34-62/h1-52H. The highest BCUT2D eigenvalue weighted by molar-refractivity contribution is 5.97. The number of hydrogen-bond acceptors (Lipinski definition) is 6. The van der Waals surface area contributed by atoms with Crippen LogP contribution in [0.15, 0.2) is 315 Å². The number of rotatable bonds is 10. The Morgan fingerprint density at radius 3 is 1.00 bits per heavy atom. The van der Waals surface area contributed by atoms with Crippen molar-refractivity contribution >= 4 is 22.1 Å². The maximum atomic E-state index is 5.55. The number of aromatic nitrogens is 8. The smallest absolute Gasteiger partial charge is 0.160 e. The third-order valence-electron chi connectivity index (χ3n) is 18.2. The molecule has 16 aromatic rings. The second-order valence-electron chi connectivity index (χ2n) is 23.4. The van der Waals surface area contributed by atoms with Gasteiger partial charge in [0.1, 0.15) is 11.6 Å². The minimum atomic E-state index is -0.722. The fourth-order valence-corrected chi connectivity index (χ4v) is 14.1. The summed E-state index contributed by atoms with van der Waals surface area (Å²) in [6, 6.07) is 111. The van der Waals surface area contributed by atoms with Crippen LogP contribution in [0.1, 0.15) is 22.3 Å². The maximum absolute atomic E-state index is 5.55. The van der Waals surface area contributed by atoms with E-state index < -0.39 is 5.41 Å². The van der Waals surface area contributed by atoms with Crippen molar-refractivity contribution in [1.29, 1.82) is 0 Å². The molecule has 8 nitrogen and oxygen atoms in total. The first-order valence-corrected chi connectivity index (χ1v) is 30.8. The third-order valence-corrected chi connectivity index (χ3v) is 18.2. The Kier molecular flexibility index (Phi) is 12.0. The molecule has 0 atom stereocenters. The first-order valence-electron chi connectivity index (χ1n) is 30.8. The summed E-state index contributed by atoms with van der Waals surface area (Å²) in [5, 5.41) is 0. The Balaban J connectivity index is 0.797. The molecule has 0 unspecified atom stereocenters. The Labute approximate surface area is 525 Å². The zero-order valence-electron chi connectivity index (χ0n) is 49.1. The molecule has 0 bridgehead atoms. The third kappa shape index (κ3) is 8.45. The van der Waals surface area contributed by atoms with Crippen molar-refractivity contribution in [2.45, 2.75) is 5.41 Å². The van der Waals surface area contributed by atoms with Crippen LogP contribution >= 0.6 is 0 Å². The molecule has 91 heavy (non-hydrogen) atoms. The molecule has 0 saturated carbocycles. The number of benzene rings is 12. The molecular formula is C83H52N8. The van der Waals surface area contributed by atoms with Crippen molar-refractivity contribution in [3.05, 3.63) is 338 Å². The average Bonchev–Trinajstić information content (AvgIpc) is 1.51. The zero-order chi connectivity index (χ0) is 60.0. The number of hydrogen-bond donors (Lipinski definition) is 0. The number of nitrogens with zero attached hydrogens (tertiary/aromatic N) is 8. The fraction of sp³-hybridized carbons (Fsp3) is 0.0120. The van der Waals surface area contributed by atoms with Crippen LogP contribution in [0.25, 0.3) is 146 Å². The second-order valence-corrected chi connectivity index (χ2v) is 23.4. The summed E-state index contributed by atoms with van der Waals surface area (Å²) < 4.78 is 4.49. The van der Waals surface area contributed by atoms with E-state index in [2.05, 4.69) is 288 Å². The number of imidazole rings is 2. The van der Waals surface area contributed by atoms with Gasteiger partial charge in [0, 0.05) is 55.9 Å².